The molecular formula is C14H22N2O2S. The molecule has 3 N–H and O–H groups in total. The number of benzene rings is 1. The number of amides is 1. The van der Waals surface area contributed by atoms with E-state index in [1.165, 1.54) is 0 Å². The van der Waals surface area contributed by atoms with Crippen LogP contribution < -0.4 is 11.1 Å². The summed E-state index contributed by atoms with van der Waals surface area (Å²) in [6.07, 6.45) is 0.838. The highest BCUT2D eigenvalue weighted by atomic mass is 32.2. The normalized spacial score (nSPS) is 12.2. The number of ether oxygens (including phenoxy) is 1. The molecule has 0 saturated heterocycles. The van der Waals surface area contributed by atoms with Crippen LogP contribution in [0.1, 0.15) is 18.9 Å². The highest BCUT2D eigenvalue weighted by Crippen LogP contribution is 2.23. The highest BCUT2D eigenvalue weighted by molar-refractivity contribution is 8.00. The second-order valence-electron chi connectivity index (χ2n) is 4.25. The Morgan fingerprint density at radius 3 is 2.68 bits per heavy atom. The van der Waals surface area contributed by atoms with Gasteiger partial charge in [0.25, 0.3) is 0 Å². The van der Waals surface area contributed by atoms with Gasteiger partial charge >= 0.3 is 0 Å². The minimum atomic E-state index is -0.105. The Kier molecular flexibility index (Phi) is 7.55. The Morgan fingerprint density at radius 1 is 1.42 bits per heavy atom. The molecule has 4 nitrogen and oxygen atoms in total. The van der Waals surface area contributed by atoms with Crippen LogP contribution in [0.25, 0.3) is 0 Å². The van der Waals surface area contributed by atoms with Crippen LogP contribution in [0.3, 0.4) is 0 Å². The summed E-state index contributed by atoms with van der Waals surface area (Å²) in [5.41, 5.74) is 6.65. The number of thioether (sulfide) groups is 1. The molecule has 1 aromatic rings. The summed E-state index contributed by atoms with van der Waals surface area (Å²) in [4.78, 5) is 12.9. The van der Waals surface area contributed by atoms with Crippen molar-refractivity contribution < 1.29 is 9.53 Å². The van der Waals surface area contributed by atoms with Gasteiger partial charge in [-0.15, -0.1) is 11.8 Å². The first-order valence-corrected chi connectivity index (χ1v) is 7.27. The van der Waals surface area contributed by atoms with E-state index in [9.17, 15) is 4.79 Å². The Bertz CT molecular complexity index is 382. The lowest BCUT2D eigenvalue weighted by Gasteiger charge is -2.12. The molecule has 1 amide bonds. The van der Waals surface area contributed by atoms with Crippen LogP contribution in [0.2, 0.25) is 0 Å². The second kappa shape index (κ2) is 8.96. The predicted octanol–water partition coefficient (Wildman–Crippen LogP) is 1.78. The van der Waals surface area contributed by atoms with Gasteiger partial charge in [-0.2, -0.15) is 0 Å². The zero-order valence-corrected chi connectivity index (χ0v) is 12.3. The van der Waals surface area contributed by atoms with E-state index in [0.29, 0.717) is 19.7 Å². The largest absolute Gasteiger partial charge is 0.385 e. The first kappa shape index (κ1) is 16.0. The van der Waals surface area contributed by atoms with E-state index in [-0.39, 0.29) is 11.2 Å². The van der Waals surface area contributed by atoms with Crippen molar-refractivity contribution in [2.75, 3.05) is 20.3 Å². The van der Waals surface area contributed by atoms with E-state index in [1.54, 1.807) is 18.9 Å². The number of nitrogens with two attached hydrogens (primary N) is 1. The zero-order valence-electron chi connectivity index (χ0n) is 11.5. The lowest BCUT2D eigenvalue weighted by molar-refractivity contribution is -0.120. The Hall–Kier alpha value is -1.04. The average Bonchev–Trinajstić information content (AvgIpc) is 2.44. The van der Waals surface area contributed by atoms with Crippen LogP contribution in [0.5, 0.6) is 0 Å². The highest BCUT2D eigenvalue weighted by Gasteiger charge is 2.13. The van der Waals surface area contributed by atoms with Crippen molar-refractivity contribution in [3.8, 4) is 0 Å². The number of hydrogen-bond acceptors (Lipinski definition) is 4. The number of hydrogen-bond donors (Lipinski definition) is 2. The fraction of sp³-hybridized carbons (Fsp3) is 0.500. The third-order valence-electron chi connectivity index (χ3n) is 2.67. The first-order chi connectivity index (χ1) is 9.17. The first-order valence-electron chi connectivity index (χ1n) is 6.39. The average molecular weight is 282 g/mol. The molecule has 0 bridgehead atoms. The molecular weight excluding hydrogens is 260 g/mol. The molecule has 1 aromatic carbocycles. The van der Waals surface area contributed by atoms with Gasteiger partial charge in [-0.05, 0) is 31.0 Å². The maximum atomic E-state index is 11.8. The van der Waals surface area contributed by atoms with Gasteiger partial charge in [0, 0.05) is 31.7 Å². The van der Waals surface area contributed by atoms with Crippen molar-refractivity contribution in [3.05, 3.63) is 29.8 Å². The van der Waals surface area contributed by atoms with Crippen molar-refractivity contribution in [1.29, 1.82) is 0 Å². The van der Waals surface area contributed by atoms with Crippen molar-refractivity contribution in [2.45, 2.75) is 30.0 Å². The standard InChI is InChI=1S/C14H22N2O2S/c1-11(14(17)16-8-3-9-18-2)19-13-6-4-12(10-15)5-7-13/h4-7,11H,3,8-10,15H2,1-2H3,(H,16,17). The van der Waals surface area contributed by atoms with Crippen LogP contribution in [-0.2, 0) is 16.1 Å². The molecule has 0 heterocycles. The molecule has 0 aliphatic rings. The molecule has 106 valence electrons. The molecule has 1 rings (SSSR count). The number of rotatable bonds is 8. The van der Waals surface area contributed by atoms with Gasteiger partial charge in [0.05, 0.1) is 5.25 Å². The number of nitrogens with one attached hydrogen (secondary N) is 1. The molecule has 0 saturated carbocycles. The number of methoxy groups -OCH3 is 1. The fourth-order valence-electron chi connectivity index (χ4n) is 1.53. The minimum absolute atomic E-state index is 0.0593. The van der Waals surface area contributed by atoms with Crippen LogP contribution in [-0.4, -0.2) is 31.4 Å². The molecule has 1 unspecified atom stereocenters. The molecule has 0 aromatic heterocycles. The van der Waals surface area contributed by atoms with E-state index in [0.717, 1.165) is 16.9 Å². The molecule has 1 atom stereocenters. The van der Waals surface area contributed by atoms with Crippen molar-refractivity contribution in [2.24, 2.45) is 5.73 Å². The van der Waals surface area contributed by atoms with Gasteiger partial charge in [-0.25, -0.2) is 0 Å². The topological polar surface area (TPSA) is 64.3 Å². The quantitative estimate of drug-likeness (QED) is 0.563. The predicted molar refractivity (Wildman–Crippen MR) is 79.2 cm³/mol. The maximum absolute atomic E-state index is 11.8. The summed E-state index contributed by atoms with van der Waals surface area (Å²) in [6.45, 7) is 3.78. The summed E-state index contributed by atoms with van der Waals surface area (Å²) in [7, 11) is 1.66. The molecule has 5 heteroatoms. The number of carbonyl (C=O) groups is 1. The molecule has 0 radical (unpaired) electrons. The number of carbonyl (C=O) groups excluding carboxylic acids is 1. The molecule has 0 aliphatic heterocycles. The van der Waals surface area contributed by atoms with Gasteiger partial charge in [0.15, 0.2) is 0 Å². The van der Waals surface area contributed by atoms with Crippen molar-refractivity contribution in [1.82, 2.24) is 5.32 Å². The lowest BCUT2D eigenvalue weighted by Crippen LogP contribution is -2.32. The smallest absolute Gasteiger partial charge is 0.233 e. The van der Waals surface area contributed by atoms with Gasteiger partial charge in [-0.3, -0.25) is 4.79 Å². The summed E-state index contributed by atoms with van der Waals surface area (Å²) in [5, 5.41) is 2.79. The summed E-state index contributed by atoms with van der Waals surface area (Å²) in [5.74, 6) is 0.0593. The van der Waals surface area contributed by atoms with Crippen LogP contribution in [0.4, 0.5) is 0 Å². The van der Waals surface area contributed by atoms with Gasteiger partial charge < -0.3 is 15.8 Å². The molecule has 0 spiro atoms. The van der Waals surface area contributed by atoms with Crippen molar-refractivity contribution >= 4 is 17.7 Å². The van der Waals surface area contributed by atoms with Crippen molar-refractivity contribution in [3.63, 3.8) is 0 Å². The molecule has 19 heavy (non-hydrogen) atoms. The third-order valence-corrected chi connectivity index (χ3v) is 3.78. The second-order valence-corrected chi connectivity index (χ2v) is 5.66. The van der Waals surface area contributed by atoms with E-state index in [1.807, 2.05) is 31.2 Å². The SMILES string of the molecule is COCCCNC(=O)C(C)Sc1ccc(CN)cc1. The lowest BCUT2D eigenvalue weighted by atomic mass is 10.2. The van der Waals surface area contributed by atoms with E-state index in [2.05, 4.69) is 5.32 Å². The summed E-state index contributed by atoms with van der Waals surface area (Å²) in [6, 6.07) is 7.99. The third kappa shape index (κ3) is 6.09. The monoisotopic (exact) mass is 282 g/mol. The van der Waals surface area contributed by atoms with E-state index < -0.39 is 0 Å². The Balaban J connectivity index is 2.35. The van der Waals surface area contributed by atoms with Gasteiger partial charge in [0.2, 0.25) is 5.91 Å². The minimum Gasteiger partial charge on any atom is -0.385 e. The Labute approximate surface area is 119 Å². The van der Waals surface area contributed by atoms with E-state index >= 15 is 0 Å². The van der Waals surface area contributed by atoms with Gasteiger partial charge in [0.1, 0.15) is 0 Å². The van der Waals surface area contributed by atoms with Gasteiger partial charge in [-0.1, -0.05) is 12.1 Å². The maximum Gasteiger partial charge on any atom is 0.233 e. The van der Waals surface area contributed by atoms with Crippen LogP contribution in [0, 0.1) is 0 Å². The molecule has 0 aliphatic carbocycles. The van der Waals surface area contributed by atoms with E-state index in [4.69, 9.17) is 10.5 Å². The van der Waals surface area contributed by atoms with Crippen LogP contribution in [0.15, 0.2) is 29.2 Å². The molecule has 0 fully saturated rings. The van der Waals surface area contributed by atoms with Crippen LogP contribution >= 0.6 is 11.8 Å². The fourth-order valence-corrected chi connectivity index (χ4v) is 2.43. The Morgan fingerprint density at radius 2 is 2.11 bits per heavy atom. The summed E-state index contributed by atoms with van der Waals surface area (Å²) < 4.78 is 4.93. The zero-order chi connectivity index (χ0) is 14.1. The summed E-state index contributed by atoms with van der Waals surface area (Å²) >= 11 is 1.55.